The summed E-state index contributed by atoms with van der Waals surface area (Å²) in [7, 11) is 0. The van der Waals surface area contributed by atoms with E-state index in [1.807, 2.05) is 19.9 Å². The first-order valence-electron chi connectivity index (χ1n) is 8.14. The van der Waals surface area contributed by atoms with Crippen LogP contribution in [0.2, 0.25) is 5.02 Å². The Hall–Kier alpha value is -0.910. The van der Waals surface area contributed by atoms with Crippen LogP contribution in [0, 0.1) is 0 Å². The van der Waals surface area contributed by atoms with Crippen molar-refractivity contribution in [3.8, 4) is 0 Å². The van der Waals surface area contributed by atoms with Crippen LogP contribution in [0.4, 0.5) is 0 Å². The average molecular weight is 352 g/mol. The number of halogens is 1. The quantitative estimate of drug-likeness (QED) is 0.850. The van der Waals surface area contributed by atoms with E-state index in [0.717, 1.165) is 22.9 Å². The average Bonchev–Trinajstić information content (AvgIpc) is 3.27. The molecule has 1 atom stereocenters. The van der Waals surface area contributed by atoms with E-state index in [4.69, 9.17) is 21.1 Å². The van der Waals surface area contributed by atoms with Crippen molar-refractivity contribution in [3.05, 3.63) is 56.2 Å². The fourth-order valence-electron chi connectivity index (χ4n) is 2.99. The van der Waals surface area contributed by atoms with Gasteiger partial charge in [0.15, 0.2) is 6.29 Å². The Morgan fingerprint density at radius 1 is 1.17 bits per heavy atom. The highest BCUT2D eigenvalue weighted by molar-refractivity contribution is 7.10. The standard InChI is InChI=1S/C16H16ClNO2S.C2H6/c17-12-2-1-10-3-4-18-15(13(10)8-12)11-7-14(21-9-11)16-19-5-6-20-16;1-2/h1-2,7-9,15-16,18H,3-6H2;1-2H3. The van der Waals surface area contributed by atoms with E-state index in [2.05, 4.69) is 28.9 Å². The number of thiophene rings is 1. The van der Waals surface area contributed by atoms with Gasteiger partial charge in [0, 0.05) is 11.6 Å². The maximum absolute atomic E-state index is 6.17. The normalized spacial score (nSPS) is 20.7. The van der Waals surface area contributed by atoms with Gasteiger partial charge in [0.05, 0.1) is 24.1 Å². The van der Waals surface area contributed by atoms with Crippen molar-refractivity contribution in [2.24, 2.45) is 0 Å². The lowest BCUT2D eigenvalue weighted by atomic mass is 9.91. The molecule has 1 aromatic heterocycles. The number of hydrogen-bond donors (Lipinski definition) is 1. The van der Waals surface area contributed by atoms with Crippen LogP contribution in [0.25, 0.3) is 0 Å². The Balaban J connectivity index is 0.000000753. The molecule has 2 aliphatic heterocycles. The summed E-state index contributed by atoms with van der Waals surface area (Å²) in [6.45, 7) is 6.34. The highest BCUT2D eigenvalue weighted by Crippen LogP contribution is 2.36. The molecule has 2 aliphatic rings. The monoisotopic (exact) mass is 351 g/mol. The Bertz CT molecular complexity index is 652. The maximum atomic E-state index is 6.17. The van der Waals surface area contributed by atoms with Gasteiger partial charge in [0.1, 0.15) is 0 Å². The second-order valence-electron chi connectivity index (χ2n) is 5.34. The lowest BCUT2D eigenvalue weighted by molar-refractivity contribution is -0.0413. The van der Waals surface area contributed by atoms with Gasteiger partial charge in [-0.2, -0.15) is 0 Å². The molecule has 3 heterocycles. The smallest absolute Gasteiger partial charge is 0.193 e. The molecular weight excluding hydrogens is 330 g/mol. The third-order valence-corrected chi connectivity index (χ3v) is 5.20. The summed E-state index contributed by atoms with van der Waals surface area (Å²) in [6.07, 6.45) is 0.862. The zero-order valence-electron chi connectivity index (χ0n) is 13.5. The molecule has 0 radical (unpaired) electrons. The number of rotatable bonds is 2. The summed E-state index contributed by atoms with van der Waals surface area (Å²) in [5, 5.41) is 6.57. The molecule has 0 saturated carbocycles. The first-order valence-corrected chi connectivity index (χ1v) is 9.40. The third kappa shape index (κ3) is 3.62. The van der Waals surface area contributed by atoms with Gasteiger partial charge in [-0.1, -0.05) is 31.5 Å². The molecule has 1 unspecified atom stereocenters. The molecule has 0 amide bonds. The second-order valence-corrected chi connectivity index (χ2v) is 6.72. The summed E-state index contributed by atoms with van der Waals surface area (Å²) in [5.74, 6) is 0. The lowest BCUT2D eigenvalue weighted by Gasteiger charge is -2.26. The molecular formula is C18H22ClNO2S. The second kappa shape index (κ2) is 7.77. The predicted molar refractivity (Wildman–Crippen MR) is 95.3 cm³/mol. The lowest BCUT2D eigenvalue weighted by Crippen LogP contribution is -2.30. The SMILES string of the molecule is CC.Clc1ccc2c(c1)C(c1csc(C3OCCO3)c1)NCC2. The molecule has 5 heteroatoms. The Morgan fingerprint density at radius 3 is 2.74 bits per heavy atom. The molecule has 124 valence electrons. The summed E-state index contributed by atoms with van der Waals surface area (Å²) in [5.41, 5.74) is 3.92. The number of benzene rings is 1. The molecule has 1 aromatic carbocycles. The van der Waals surface area contributed by atoms with Crippen LogP contribution in [0.1, 0.15) is 47.7 Å². The molecule has 0 spiro atoms. The van der Waals surface area contributed by atoms with E-state index in [0.29, 0.717) is 13.2 Å². The minimum Gasteiger partial charge on any atom is -0.345 e. The summed E-state index contributed by atoms with van der Waals surface area (Å²) in [6, 6.07) is 8.59. The fraction of sp³-hybridized carbons (Fsp3) is 0.444. The highest BCUT2D eigenvalue weighted by Gasteiger charge is 2.25. The van der Waals surface area contributed by atoms with E-state index in [9.17, 15) is 0 Å². The van der Waals surface area contributed by atoms with Gasteiger partial charge in [-0.25, -0.2) is 0 Å². The van der Waals surface area contributed by atoms with Gasteiger partial charge in [-0.3, -0.25) is 0 Å². The van der Waals surface area contributed by atoms with Crippen LogP contribution in [0.5, 0.6) is 0 Å². The van der Waals surface area contributed by atoms with E-state index < -0.39 is 0 Å². The van der Waals surface area contributed by atoms with Crippen molar-refractivity contribution in [1.82, 2.24) is 5.32 Å². The Morgan fingerprint density at radius 2 is 1.96 bits per heavy atom. The molecule has 1 N–H and O–H groups in total. The molecule has 4 rings (SSSR count). The van der Waals surface area contributed by atoms with Crippen molar-refractivity contribution in [3.63, 3.8) is 0 Å². The van der Waals surface area contributed by atoms with Crippen LogP contribution in [-0.2, 0) is 15.9 Å². The van der Waals surface area contributed by atoms with Crippen LogP contribution in [0.3, 0.4) is 0 Å². The molecule has 1 fully saturated rings. The molecule has 1 saturated heterocycles. The molecule has 23 heavy (non-hydrogen) atoms. The molecule has 2 aromatic rings. The number of fused-ring (bicyclic) bond motifs is 1. The van der Waals surface area contributed by atoms with Crippen molar-refractivity contribution in [2.75, 3.05) is 19.8 Å². The van der Waals surface area contributed by atoms with Crippen molar-refractivity contribution in [2.45, 2.75) is 32.6 Å². The van der Waals surface area contributed by atoms with E-state index in [-0.39, 0.29) is 12.3 Å². The summed E-state index contributed by atoms with van der Waals surface area (Å²) >= 11 is 7.87. The maximum Gasteiger partial charge on any atom is 0.193 e. The zero-order valence-corrected chi connectivity index (χ0v) is 15.0. The van der Waals surface area contributed by atoms with E-state index in [1.165, 1.54) is 16.7 Å². The van der Waals surface area contributed by atoms with Crippen molar-refractivity contribution >= 4 is 22.9 Å². The van der Waals surface area contributed by atoms with Gasteiger partial charge in [-0.05, 0) is 46.7 Å². The van der Waals surface area contributed by atoms with Crippen LogP contribution in [-0.4, -0.2) is 19.8 Å². The largest absolute Gasteiger partial charge is 0.345 e. The number of ether oxygens (including phenoxy) is 2. The first kappa shape index (κ1) is 16.9. The third-order valence-electron chi connectivity index (χ3n) is 3.99. The first-order chi connectivity index (χ1) is 11.3. The van der Waals surface area contributed by atoms with E-state index >= 15 is 0 Å². The zero-order chi connectivity index (χ0) is 16.2. The van der Waals surface area contributed by atoms with E-state index in [1.54, 1.807) is 11.3 Å². The van der Waals surface area contributed by atoms with Crippen molar-refractivity contribution < 1.29 is 9.47 Å². The summed E-state index contributed by atoms with van der Waals surface area (Å²) < 4.78 is 11.1. The topological polar surface area (TPSA) is 30.5 Å². The minimum absolute atomic E-state index is 0.189. The van der Waals surface area contributed by atoms with Gasteiger partial charge in [-0.15, -0.1) is 11.3 Å². The molecule has 0 bridgehead atoms. The molecule has 3 nitrogen and oxygen atoms in total. The molecule has 0 aliphatic carbocycles. The number of nitrogens with one attached hydrogen (secondary N) is 1. The minimum atomic E-state index is -0.189. The van der Waals surface area contributed by atoms with Gasteiger partial charge in [0.25, 0.3) is 0 Å². The van der Waals surface area contributed by atoms with Gasteiger partial charge >= 0.3 is 0 Å². The van der Waals surface area contributed by atoms with Gasteiger partial charge < -0.3 is 14.8 Å². The summed E-state index contributed by atoms with van der Waals surface area (Å²) in [4.78, 5) is 1.14. The van der Waals surface area contributed by atoms with Crippen molar-refractivity contribution in [1.29, 1.82) is 0 Å². The van der Waals surface area contributed by atoms with Crippen LogP contribution < -0.4 is 5.32 Å². The van der Waals surface area contributed by atoms with Gasteiger partial charge in [0.2, 0.25) is 0 Å². The predicted octanol–water partition coefficient (Wildman–Crippen LogP) is 4.71. The van der Waals surface area contributed by atoms with Crippen LogP contribution in [0.15, 0.2) is 29.6 Å². The highest BCUT2D eigenvalue weighted by atomic mass is 35.5. The Kier molecular flexibility index (Phi) is 5.72. The van der Waals surface area contributed by atoms with Crippen LogP contribution >= 0.6 is 22.9 Å². The fourth-order valence-corrected chi connectivity index (χ4v) is 4.09. The Labute approximate surface area is 146 Å². The number of hydrogen-bond acceptors (Lipinski definition) is 4.